The number of aromatic nitrogens is 2. The van der Waals surface area contributed by atoms with Gasteiger partial charge in [0.2, 0.25) is 0 Å². The van der Waals surface area contributed by atoms with E-state index in [-0.39, 0.29) is 29.2 Å². The Bertz CT molecular complexity index is 1210. The third-order valence-electron chi connectivity index (χ3n) is 4.76. The molecule has 1 aliphatic rings. The van der Waals surface area contributed by atoms with E-state index in [1.165, 1.54) is 6.26 Å². The van der Waals surface area contributed by atoms with Crippen molar-refractivity contribution in [1.29, 1.82) is 0 Å². The van der Waals surface area contributed by atoms with Crippen molar-refractivity contribution in [2.75, 3.05) is 22.1 Å². The Morgan fingerprint density at radius 1 is 1.23 bits per heavy atom. The summed E-state index contributed by atoms with van der Waals surface area (Å²) in [5, 5.41) is 10.4. The average molecular weight is 449 g/mol. The van der Waals surface area contributed by atoms with Gasteiger partial charge in [0, 0.05) is 6.07 Å². The van der Waals surface area contributed by atoms with E-state index in [0.29, 0.717) is 33.4 Å². The number of aryl methyl sites for hydroxylation is 2. The molecule has 3 aromatic heterocycles. The van der Waals surface area contributed by atoms with E-state index < -0.39 is 15.7 Å². The van der Waals surface area contributed by atoms with Crippen molar-refractivity contribution in [2.24, 2.45) is 0 Å². The van der Waals surface area contributed by atoms with Gasteiger partial charge in [0.25, 0.3) is 11.8 Å². The number of nitrogens with zero attached hydrogens (tertiary/aromatic N) is 2. The van der Waals surface area contributed by atoms with Crippen molar-refractivity contribution in [3.63, 3.8) is 0 Å². The molecule has 30 heavy (non-hydrogen) atoms. The number of sulfone groups is 1. The Labute approximate surface area is 177 Å². The van der Waals surface area contributed by atoms with E-state index >= 15 is 0 Å². The molecule has 1 aliphatic heterocycles. The largest absolute Gasteiger partial charge is 0.459 e. The van der Waals surface area contributed by atoms with Crippen LogP contribution >= 0.6 is 11.3 Å². The van der Waals surface area contributed by atoms with Gasteiger partial charge in [-0.25, -0.2) is 13.1 Å². The quantitative estimate of drug-likeness (QED) is 0.618. The fraction of sp³-hybridized carbons (Fsp3) is 0.316. The van der Waals surface area contributed by atoms with Crippen LogP contribution in [0.4, 0.5) is 10.8 Å². The molecule has 2 amide bonds. The van der Waals surface area contributed by atoms with E-state index in [1.54, 1.807) is 42.8 Å². The molecule has 4 rings (SSSR count). The minimum absolute atomic E-state index is 0.0119. The normalized spacial score (nSPS) is 17.7. The maximum absolute atomic E-state index is 12.9. The first kappa shape index (κ1) is 20.4. The first-order valence-electron chi connectivity index (χ1n) is 9.25. The average Bonchev–Trinajstić information content (AvgIpc) is 3.43. The lowest BCUT2D eigenvalue weighted by Gasteiger charge is -2.13. The van der Waals surface area contributed by atoms with Crippen molar-refractivity contribution in [2.45, 2.75) is 26.3 Å². The zero-order valence-electron chi connectivity index (χ0n) is 16.3. The highest BCUT2D eigenvalue weighted by atomic mass is 32.2. The summed E-state index contributed by atoms with van der Waals surface area (Å²) in [6, 6.07) is 6.30. The summed E-state index contributed by atoms with van der Waals surface area (Å²) in [5.41, 5.74) is 1.39. The molecule has 1 atom stereocenters. The molecule has 0 radical (unpaired) electrons. The molecule has 0 bridgehead atoms. The van der Waals surface area contributed by atoms with Crippen LogP contribution in [0, 0.1) is 13.8 Å². The third kappa shape index (κ3) is 4.17. The standard InChI is InChI=1S/C19H20N4O5S2/c1-11-8-16(21-18(24)14-4-3-6-28-14)29-17(11)19(25)20-15-9-12(2)22-23(15)13-5-7-30(26,27)10-13/h3-4,6,8-9,13H,5,7,10H2,1-2H3,(H,20,25)(H,21,24). The van der Waals surface area contributed by atoms with Crippen molar-refractivity contribution in [3.05, 3.63) is 52.4 Å². The monoisotopic (exact) mass is 448 g/mol. The molecule has 0 aromatic carbocycles. The zero-order chi connectivity index (χ0) is 21.5. The van der Waals surface area contributed by atoms with E-state index in [2.05, 4.69) is 15.7 Å². The number of hydrogen-bond acceptors (Lipinski definition) is 7. The molecule has 0 spiro atoms. The molecular formula is C19H20N4O5S2. The van der Waals surface area contributed by atoms with Gasteiger partial charge in [-0.05, 0) is 44.0 Å². The molecule has 1 fully saturated rings. The topological polar surface area (TPSA) is 123 Å². The van der Waals surface area contributed by atoms with Gasteiger partial charge in [-0.15, -0.1) is 11.3 Å². The third-order valence-corrected chi connectivity index (χ3v) is 7.66. The van der Waals surface area contributed by atoms with Crippen molar-refractivity contribution < 1.29 is 22.4 Å². The Hall–Kier alpha value is -2.92. The minimum Gasteiger partial charge on any atom is -0.459 e. The highest BCUT2D eigenvalue weighted by molar-refractivity contribution is 7.91. The molecule has 0 saturated carbocycles. The van der Waals surface area contributed by atoms with Crippen LogP contribution in [-0.4, -0.2) is 41.5 Å². The smallest absolute Gasteiger partial charge is 0.291 e. The Morgan fingerprint density at radius 3 is 2.70 bits per heavy atom. The molecule has 158 valence electrons. The van der Waals surface area contributed by atoms with Gasteiger partial charge >= 0.3 is 0 Å². The van der Waals surface area contributed by atoms with Crippen molar-refractivity contribution >= 4 is 43.8 Å². The molecule has 4 heterocycles. The summed E-state index contributed by atoms with van der Waals surface area (Å²) in [6.45, 7) is 3.56. The number of anilines is 2. The second-order valence-electron chi connectivity index (χ2n) is 7.18. The molecule has 2 N–H and O–H groups in total. The first-order valence-corrected chi connectivity index (χ1v) is 11.9. The van der Waals surface area contributed by atoms with Gasteiger partial charge in [0.1, 0.15) is 5.82 Å². The Morgan fingerprint density at radius 2 is 2.03 bits per heavy atom. The van der Waals surface area contributed by atoms with Gasteiger partial charge in [0.15, 0.2) is 15.6 Å². The minimum atomic E-state index is -3.08. The fourth-order valence-corrected chi connectivity index (χ4v) is 6.04. The number of furan rings is 1. The van der Waals surface area contributed by atoms with Crippen molar-refractivity contribution in [3.8, 4) is 0 Å². The SMILES string of the molecule is Cc1cc(NC(=O)c2sc(NC(=O)c3ccco3)cc2C)n(C2CCS(=O)(=O)C2)n1. The maximum Gasteiger partial charge on any atom is 0.291 e. The lowest BCUT2D eigenvalue weighted by Crippen LogP contribution is -2.19. The first-order chi connectivity index (χ1) is 14.2. The molecule has 3 aromatic rings. The van der Waals surface area contributed by atoms with Crippen LogP contribution in [0.25, 0.3) is 0 Å². The second-order valence-corrected chi connectivity index (χ2v) is 10.5. The second kappa shape index (κ2) is 7.73. The Kier molecular flexibility index (Phi) is 5.24. The van der Waals surface area contributed by atoms with Gasteiger partial charge in [-0.2, -0.15) is 5.10 Å². The molecule has 1 unspecified atom stereocenters. The highest BCUT2D eigenvalue weighted by Crippen LogP contribution is 2.30. The van der Waals surface area contributed by atoms with Crippen LogP contribution in [0.5, 0.6) is 0 Å². The summed E-state index contributed by atoms with van der Waals surface area (Å²) in [4.78, 5) is 25.5. The Balaban J connectivity index is 1.51. The van der Waals surface area contributed by atoms with Crippen LogP contribution < -0.4 is 10.6 Å². The van der Waals surface area contributed by atoms with Crippen LogP contribution in [0.1, 0.15) is 43.9 Å². The van der Waals surface area contributed by atoms with Crippen LogP contribution in [-0.2, 0) is 9.84 Å². The summed E-state index contributed by atoms with van der Waals surface area (Å²) in [7, 11) is -3.08. The van der Waals surface area contributed by atoms with E-state index in [1.807, 2.05) is 0 Å². The van der Waals surface area contributed by atoms with Gasteiger partial charge in [-0.3, -0.25) is 9.59 Å². The summed E-state index contributed by atoms with van der Waals surface area (Å²) in [6.07, 6.45) is 1.88. The number of carbonyl (C=O) groups excluding carboxylic acids is 2. The predicted molar refractivity (Wildman–Crippen MR) is 113 cm³/mol. The molecular weight excluding hydrogens is 428 g/mol. The molecule has 0 aliphatic carbocycles. The van der Waals surface area contributed by atoms with Gasteiger partial charge in [-0.1, -0.05) is 0 Å². The van der Waals surface area contributed by atoms with Crippen LogP contribution in [0.2, 0.25) is 0 Å². The number of amides is 2. The van der Waals surface area contributed by atoms with Gasteiger partial charge in [0.05, 0.1) is 39.4 Å². The highest BCUT2D eigenvalue weighted by Gasteiger charge is 2.31. The summed E-state index contributed by atoms with van der Waals surface area (Å²) >= 11 is 1.15. The predicted octanol–water partition coefficient (Wildman–Crippen LogP) is 3.02. The zero-order valence-corrected chi connectivity index (χ0v) is 18.0. The lowest BCUT2D eigenvalue weighted by atomic mass is 10.2. The number of nitrogens with one attached hydrogen (secondary N) is 2. The molecule has 1 saturated heterocycles. The lowest BCUT2D eigenvalue weighted by molar-refractivity contribution is 0.0995. The van der Waals surface area contributed by atoms with Crippen LogP contribution in [0.3, 0.4) is 0 Å². The molecule has 9 nitrogen and oxygen atoms in total. The maximum atomic E-state index is 12.9. The van der Waals surface area contributed by atoms with E-state index in [9.17, 15) is 18.0 Å². The van der Waals surface area contributed by atoms with E-state index in [0.717, 1.165) is 11.3 Å². The fourth-order valence-electron chi connectivity index (χ4n) is 3.38. The number of carbonyl (C=O) groups is 2. The van der Waals surface area contributed by atoms with Crippen molar-refractivity contribution in [1.82, 2.24) is 9.78 Å². The summed E-state index contributed by atoms with van der Waals surface area (Å²) in [5.74, 6) is 0.0129. The van der Waals surface area contributed by atoms with Crippen LogP contribution in [0.15, 0.2) is 34.9 Å². The summed E-state index contributed by atoms with van der Waals surface area (Å²) < 4.78 is 30.3. The van der Waals surface area contributed by atoms with Gasteiger partial charge < -0.3 is 15.1 Å². The number of hydrogen-bond donors (Lipinski definition) is 2. The van der Waals surface area contributed by atoms with E-state index in [4.69, 9.17) is 4.42 Å². The number of thiophene rings is 1. The number of rotatable bonds is 5. The molecule has 11 heteroatoms.